The Hall–Kier alpha value is -4.64. The van der Waals surface area contributed by atoms with E-state index < -0.39 is 11.9 Å². The molecule has 0 radical (unpaired) electrons. The fourth-order valence-electron chi connectivity index (χ4n) is 2.57. The number of carbonyl (C=O) groups is 2. The number of esters is 2. The van der Waals surface area contributed by atoms with E-state index in [2.05, 4.69) is 9.98 Å². The molecule has 0 aromatic heterocycles. The lowest BCUT2D eigenvalue weighted by Crippen LogP contribution is -2.10. The molecule has 0 bridgehead atoms. The minimum absolute atomic E-state index is 0.272. The molecule has 0 amide bonds. The molecule has 0 N–H and O–H groups in total. The normalized spacial score (nSPS) is 9.71. The van der Waals surface area contributed by atoms with Crippen molar-refractivity contribution in [2.24, 2.45) is 9.98 Å². The zero-order valence-corrected chi connectivity index (χ0v) is 16.2. The lowest BCUT2D eigenvalue weighted by Gasteiger charge is -2.10. The zero-order chi connectivity index (χ0) is 22.2. The van der Waals surface area contributed by atoms with Gasteiger partial charge in [0.25, 0.3) is 0 Å². The van der Waals surface area contributed by atoms with E-state index in [0.29, 0.717) is 22.7 Å². The van der Waals surface area contributed by atoms with Crippen LogP contribution in [-0.4, -0.2) is 24.1 Å². The van der Waals surface area contributed by atoms with Crippen LogP contribution in [0.15, 0.2) is 76.7 Å². The molecule has 0 aliphatic rings. The largest absolute Gasteiger partial charge is 0.423 e. The molecule has 0 spiro atoms. The van der Waals surface area contributed by atoms with E-state index in [1.54, 1.807) is 13.0 Å². The van der Waals surface area contributed by atoms with E-state index >= 15 is 0 Å². The maximum Gasteiger partial charge on any atom is 0.343 e. The summed E-state index contributed by atoms with van der Waals surface area (Å²) < 4.78 is 10.7. The van der Waals surface area contributed by atoms with Gasteiger partial charge >= 0.3 is 11.9 Å². The summed E-state index contributed by atoms with van der Waals surface area (Å²) in [7, 11) is 0. The Labute approximate surface area is 176 Å². The summed E-state index contributed by atoms with van der Waals surface area (Å²) in [4.78, 5) is 52.0. The fraction of sp³-hybridized carbons (Fsp3) is 0.0435. The molecule has 3 aromatic rings. The maximum absolute atomic E-state index is 12.3. The molecule has 0 aliphatic heterocycles. The van der Waals surface area contributed by atoms with Crippen LogP contribution in [0.2, 0.25) is 0 Å². The lowest BCUT2D eigenvalue weighted by atomic mass is 10.2. The standard InChI is InChI=1S/C23H14N2O6/c1-15-12-20(30-22(28)16-2-6-18(7-3-16)24-13-26)10-11-21(15)31-23(29)17-4-8-19(9-5-17)25-14-27/h2-12H,1H3. The molecule has 0 atom stereocenters. The number of hydrogen-bond acceptors (Lipinski definition) is 8. The third-order valence-electron chi connectivity index (χ3n) is 4.12. The molecular weight excluding hydrogens is 400 g/mol. The first-order chi connectivity index (χ1) is 15.0. The van der Waals surface area contributed by atoms with Crippen molar-refractivity contribution in [2.45, 2.75) is 6.92 Å². The first kappa shape index (κ1) is 21.1. The van der Waals surface area contributed by atoms with Crippen molar-refractivity contribution >= 4 is 35.5 Å². The number of rotatable bonds is 6. The average molecular weight is 414 g/mol. The summed E-state index contributed by atoms with van der Waals surface area (Å²) in [6, 6.07) is 16.5. The fourth-order valence-corrected chi connectivity index (χ4v) is 2.57. The van der Waals surface area contributed by atoms with Crippen LogP contribution in [0.3, 0.4) is 0 Å². The highest BCUT2D eigenvalue weighted by molar-refractivity contribution is 5.92. The molecule has 0 saturated heterocycles. The Balaban J connectivity index is 1.67. The Bertz CT molecular complexity index is 1220. The smallest absolute Gasteiger partial charge is 0.343 e. The van der Waals surface area contributed by atoms with Gasteiger partial charge in [-0.3, -0.25) is 0 Å². The molecule has 152 valence electrons. The number of benzene rings is 3. The topological polar surface area (TPSA) is 111 Å². The molecule has 0 saturated carbocycles. The van der Waals surface area contributed by atoms with Gasteiger partial charge in [0.15, 0.2) is 0 Å². The summed E-state index contributed by atoms with van der Waals surface area (Å²) in [5, 5.41) is 0. The number of nitrogens with zero attached hydrogens (tertiary/aromatic N) is 2. The van der Waals surface area contributed by atoms with Gasteiger partial charge in [0.05, 0.1) is 22.5 Å². The molecule has 3 aromatic carbocycles. The second kappa shape index (κ2) is 9.71. The second-order valence-electron chi connectivity index (χ2n) is 6.21. The third kappa shape index (κ3) is 5.46. The van der Waals surface area contributed by atoms with Crippen LogP contribution in [0.25, 0.3) is 0 Å². The molecule has 0 unspecified atom stereocenters. The summed E-state index contributed by atoms with van der Waals surface area (Å²) in [5.74, 6) is -0.611. The molecule has 8 heteroatoms. The minimum Gasteiger partial charge on any atom is -0.423 e. The molecular formula is C23H14N2O6. The van der Waals surface area contributed by atoms with Gasteiger partial charge in [-0.15, -0.1) is 0 Å². The van der Waals surface area contributed by atoms with Gasteiger partial charge in [-0.25, -0.2) is 19.2 Å². The minimum atomic E-state index is -0.594. The summed E-state index contributed by atoms with van der Waals surface area (Å²) in [6.45, 7) is 1.70. The van der Waals surface area contributed by atoms with E-state index in [1.807, 2.05) is 0 Å². The van der Waals surface area contributed by atoms with Crippen LogP contribution in [0, 0.1) is 6.92 Å². The molecule has 0 fully saturated rings. The highest BCUT2D eigenvalue weighted by atomic mass is 16.5. The van der Waals surface area contributed by atoms with Crippen molar-refractivity contribution in [3.8, 4) is 11.5 Å². The van der Waals surface area contributed by atoms with Crippen molar-refractivity contribution in [1.82, 2.24) is 0 Å². The van der Waals surface area contributed by atoms with Gasteiger partial charge < -0.3 is 9.47 Å². The van der Waals surface area contributed by atoms with Crippen LogP contribution >= 0.6 is 0 Å². The second-order valence-corrected chi connectivity index (χ2v) is 6.21. The number of hydrogen-bond donors (Lipinski definition) is 0. The first-order valence-corrected chi connectivity index (χ1v) is 8.91. The van der Waals surface area contributed by atoms with E-state index in [-0.39, 0.29) is 16.9 Å². The van der Waals surface area contributed by atoms with Crippen molar-refractivity contribution in [3.63, 3.8) is 0 Å². The van der Waals surface area contributed by atoms with E-state index in [9.17, 15) is 19.2 Å². The monoisotopic (exact) mass is 414 g/mol. The maximum atomic E-state index is 12.3. The van der Waals surface area contributed by atoms with Crippen molar-refractivity contribution in [2.75, 3.05) is 0 Å². The van der Waals surface area contributed by atoms with Gasteiger partial charge in [0.2, 0.25) is 12.2 Å². The Morgan fingerprint density at radius 3 is 1.65 bits per heavy atom. The van der Waals surface area contributed by atoms with Crippen LogP contribution in [-0.2, 0) is 9.59 Å². The van der Waals surface area contributed by atoms with E-state index in [4.69, 9.17) is 9.47 Å². The number of aliphatic imine (C=N–C) groups is 2. The van der Waals surface area contributed by atoms with Crippen molar-refractivity contribution < 1.29 is 28.7 Å². The van der Waals surface area contributed by atoms with Crippen LogP contribution in [0.1, 0.15) is 26.3 Å². The van der Waals surface area contributed by atoms with E-state index in [1.165, 1.54) is 72.8 Å². The van der Waals surface area contributed by atoms with Gasteiger partial charge in [0.1, 0.15) is 11.5 Å². The quantitative estimate of drug-likeness (QED) is 0.256. The van der Waals surface area contributed by atoms with Gasteiger partial charge in [0, 0.05) is 0 Å². The average Bonchev–Trinajstić information content (AvgIpc) is 2.77. The predicted octanol–water partition coefficient (Wildman–Crippen LogP) is 4.37. The third-order valence-corrected chi connectivity index (χ3v) is 4.12. The zero-order valence-electron chi connectivity index (χ0n) is 16.2. The first-order valence-electron chi connectivity index (χ1n) is 8.91. The van der Waals surface area contributed by atoms with Gasteiger partial charge in [-0.2, -0.15) is 9.98 Å². The lowest BCUT2D eigenvalue weighted by molar-refractivity contribution is 0.0718. The van der Waals surface area contributed by atoms with Crippen molar-refractivity contribution in [3.05, 3.63) is 83.4 Å². The van der Waals surface area contributed by atoms with Gasteiger partial charge in [-0.05, 0) is 79.2 Å². The van der Waals surface area contributed by atoms with Crippen LogP contribution in [0.5, 0.6) is 11.5 Å². The Morgan fingerprint density at radius 1 is 0.710 bits per heavy atom. The molecule has 8 nitrogen and oxygen atoms in total. The SMILES string of the molecule is Cc1cc(OC(=O)c2ccc(N=C=O)cc2)ccc1OC(=O)c1ccc(N=C=O)cc1. The summed E-state index contributed by atoms with van der Waals surface area (Å²) >= 11 is 0. The van der Waals surface area contributed by atoms with Crippen LogP contribution in [0.4, 0.5) is 11.4 Å². The number of aryl methyl sites for hydroxylation is 1. The Morgan fingerprint density at radius 2 is 1.19 bits per heavy atom. The molecule has 0 aliphatic carbocycles. The molecule has 3 rings (SSSR count). The summed E-state index contributed by atoms with van der Waals surface area (Å²) in [5.41, 5.74) is 1.89. The highest BCUT2D eigenvalue weighted by Crippen LogP contribution is 2.25. The molecule has 31 heavy (non-hydrogen) atoms. The van der Waals surface area contributed by atoms with E-state index in [0.717, 1.165) is 0 Å². The number of ether oxygens (including phenoxy) is 2. The van der Waals surface area contributed by atoms with Gasteiger partial charge in [-0.1, -0.05) is 0 Å². The Kier molecular flexibility index (Phi) is 6.60. The summed E-state index contributed by atoms with van der Waals surface area (Å²) in [6.07, 6.45) is 2.84. The predicted molar refractivity (Wildman–Crippen MR) is 110 cm³/mol. The molecule has 0 heterocycles. The van der Waals surface area contributed by atoms with Crippen molar-refractivity contribution in [1.29, 1.82) is 0 Å². The number of carbonyl (C=O) groups excluding carboxylic acids is 4. The van der Waals surface area contributed by atoms with Crippen LogP contribution < -0.4 is 9.47 Å². The highest BCUT2D eigenvalue weighted by Gasteiger charge is 2.13. The number of isocyanates is 2.